The first-order valence-corrected chi connectivity index (χ1v) is 7.04. The first-order valence-electron chi connectivity index (χ1n) is 5.46. The average molecular weight is 289 g/mol. The van der Waals surface area contributed by atoms with Gasteiger partial charge in [0.2, 0.25) is 0 Å². The summed E-state index contributed by atoms with van der Waals surface area (Å²) < 4.78 is 36.7. The van der Waals surface area contributed by atoms with Crippen molar-refractivity contribution in [1.82, 2.24) is 4.98 Å². The number of fused-ring (bicyclic) bond motifs is 1. The van der Waals surface area contributed by atoms with Crippen LogP contribution in [-0.2, 0) is 10.1 Å². The number of rotatable bonds is 5. The average Bonchev–Trinajstić information content (AvgIpc) is 2.33. The van der Waals surface area contributed by atoms with Crippen LogP contribution in [0.4, 0.5) is 0 Å². The molecule has 0 amide bonds. The quantitative estimate of drug-likeness (QED) is 0.382. The van der Waals surface area contributed by atoms with E-state index in [0.29, 0.717) is 5.75 Å². The molecule has 1 aromatic heterocycles. The molecule has 0 aliphatic carbocycles. The Morgan fingerprint density at radius 2 is 1.95 bits per heavy atom. The number of hydrogen-bond donors (Lipinski definition) is 0. The molecule has 1 heterocycles. The van der Waals surface area contributed by atoms with Crippen molar-refractivity contribution in [2.45, 2.75) is 6.42 Å². The monoisotopic (exact) mass is 289 g/mol. The Morgan fingerprint density at radius 3 is 2.68 bits per heavy atom. The van der Waals surface area contributed by atoms with E-state index in [1.54, 1.807) is 12.3 Å². The molecule has 2 rings (SSSR count). The van der Waals surface area contributed by atoms with Gasteiger partial charge in [-0.3, -0.25) is 4.98 Å². The van der Waals surface area contributed by atoms with Crippen molar-refractivity contribution in [3.63, 3.8) is 0 Å². The fourth-order valence-corrected chi connectivity index (χ4v) is 2.08. The molecule has 0 aliphatic heterocycles. The molecule has 0 radical (unpaired) electrons. The van der Waals surface area contributed by atoms with Gasteiger partial charge in [-0.15, -0.1) is 0 Å². The third-order valence-electron chi connectivity index (χ3n) is 2.39. The Balaban J connectivity index is 0.00000180. The fourth-order valence-electron chi connectivity index (χ4n) is 1.61. The Labute approximate surface area is 134 Å². The van der Waals surface area contributed by atoms with E-state index < -0.39 is 15.9 Å². The van der Waals surface area contributed by atoms with Crippen LogP contribution in [0, 0.1) is 0 Å². The number of nitrogens with zero attached hydrogens (tertiary/aromatic N) is 1. The van der Waals surface area contributed by atoms with Gasteiger partial charge in [0, 0.05) is 17.3 Å². The van der Waals surface area contributed by atoms with Gasteiger partial charge in [0.25, 0.3) is 0 Å². The molecule has 0 saturated carbocycles. The fraction of sp³-hybridized carbons (Fsp3) is 0.250. The molecular weight excluding hydrogens is 277 g/mol. The molecule has 0 N–H and O–H groups in total. The van der Waals surface area contributed by atoms with Crippen LogP contribution in [0.5, 0.6) is 5.75 Å². The van der Waals surface area contributed by atoms with Gasteiger partial charge in [-0.05, 0) is 18.6 Å². The SMILES string of the molecule is O=S(=O)([O-])CCCOc1cccc2cccnc12.[Na+]. The second-order valence-electron chi connectivity index (χ2n) is 3.80. The first kappa shape index (κ1) is 16.4. The van der Waals surface area contributed by atoms with Gasteiger partial charge in [0.15, 0.2) is 0 Å². The third-order valence-corrected chi connectivity index (χ3v) is 3.18. The molecule has 7 heteroatoms. The zero-order valence-electron chi connectivity index (χ0n) is 10.6. The number of benzene rings is 1. The topological polar surface area (TPSA) is 79.3 Å². The second-order valence-corrected chi connectivity index (χ2v) is 5.32. The first-order chi connectivity index (χ1) is 8.56. The van der Waals surface area contributed by atoms with Gasteiger partial charge >= 0.3 is 29.6 Å². The molecule has 19 heavy (non-hydrogen) atoms. The molecule has 0 aliphatic rings. The van der Waals surface area contributed by atoms with Crippen LogP contribution in [-0.4, -0.2) is 30.3 Å². The van der Waals surface area contributed by atoms with Crippen LogP contribution in [0.25, 0.3) is 10.9 Å². The van der Waals surface area contributed by atoms with Crippen molar-refractivity contribution in [2.24, 2.45) is 0 Å². The van der Waals surface area contributed by atoms with Crippen molar-refractivity contribution in [3.8, 4) is 5.75 Å². The number of pyridine rings is 1. The summed E-state index contributed by atoms with van der Waals surface area (Å²) in [5, 5.41) is 0.950. The second kappa shape index (κ2) is 7.21. The van der Waals surface area contributed by atoms with E-state index in [9.17, 15) is 13.0 Å². The van der Waals surface area contributed by atoms with Crippen molar-refractivity contribution in [1.29, 1.82) is 0 Å². The van der Waals surface area contributed by atoms with E-state index in [1.807, 2.05) is 24.3 Å². The van der Waals surface area contributed by atoms with E-state index >= 15 is 0 Å². The number of ether oxygens (including phenoxy) is 1. The number of hydrogen-bond acceptors (Lipinski definition) is 5. The van der Waals surface area contributed by atoms with Gasteiger partial charge in [-0.2, -0.15) is 0 Å². The Kier molecular flexibility index (Phi) is 6.22. The summed E-state index contributed by atoms with van der Waals surface area (Å²) in [5.41, 5.74) is 0.727. The third kappa shape index (κ3) is 5.08. The van der Waals surface area contributed by atoms with Gasteiger partial charge in [-0.25, -0.2) is 8.42 Å². The van der Waals surface area contributed by atoms with Crippen LogP contribution in [0.1, 0.15) is 6.42 Å². The smallest absolute Gasteiger partial charge is 0.748 e. The summed E-state index contributed by atoms with van der Waals surface area (Å²) in [4.78, 5) is 4.20. The van der Waals surface area contributed by atoms with Crippen LogP contribution in [0.3, 0.4) is 0 Å². The van der Waals surface area contributed by atoms with E-state index in [-0.39, 0.29) is 42.6 Å². The van der Waals surface area contributed by atoms with Gasteiger partial charge < -0.3 is 9.29 Å². The summed E-state index contributed by atoms with van der Waals surface area (Å²) in [5.74, 6) is 0.182. The van der Waals surface area contributed by atoms with E-state index in [2.05, 4.69) is 4.98 Å². The van der Waals surface area contributed by atoms with Gasteiger partial charge in [0.05, 0.1) is 16.7 Å². The molecule has 2 aromatic rings. The maximum Gasteiger partial charge on any atom is 1.00 e. The Hall–Kier alpha value is -0.660. The minimum atomic E-state index is -4.17. The Morgan fingerprint density at radius 1 is 1.21 bits per heavy atom. The molecule has 0 fully saturated rings. The van der Waals surface area contributed by atoms with E-state index in [1.165, 1.54) is 0 Å². The van der Waals surface area contributed by atoms with Crippen LogP contribution in [0.2, 0.25) is 0 Å². The standard InChI is InChI=1S/C12H13NO4S.Na/c14-18(15,16)9-3-8-17-11-6-1-4-10-5-2-7-13-12(10)11;/h1-2,4-7H,3,8-9H2,(H,14,15,16);/q;+1/p-1. The molecule has 96 valence electrons. The van der Waals surface area contributed by atoms with Crippen LogP contribution >= 0.6 is 0 Å². The van der Waals surface area contributed by atoms with Crippen molar-refractivity contribution >= 4 is 21.0 Å². The molecule has 0 unspecified atom stereocenters. The summed E-state index contributed by atoms with van der Waals surface area (Å²) >= 11 is 0. The van der Waals surface area contributed by atoms with Gasteiger partial charge in [0.1, 0.15) is 11.3 Å². The normalized spacial score (nSPS) is 11.0. The molecule has 0 saturated heterocycles. The van der Waals surface area contributed by atoms with Crippen molar-refractivity contribution < 1.29 is 47.3 Å². The molecule has 1 aromatic carbocycles. The molecule has 5 nitrogen and oxygen atoms in total. The molecule has 0 bridgehead atoms. The van der Waals surface area contributed by atoms with Gasteiger partial charge in [-0.1, -0.05) is 18.2 Å². The number of aromatic nitrogens is 1. The minimum absolute atomic E-state index is 0. The zero-order chi connectivity index (χ0) is 13.0. The predicted molar refractivity (Wildman–Crippen MR) is 66.4 cm³/mol. The molecule has 0 spiro atoms. The number of para-hydroxylation sites is 1. The molecular formula is C12H12NNaO4S. The largest absolute Gasteiger partial charge is 1.00 e. The Bertz CT molecular complexity index is 640. The summed E-state index contributed by atoms with van der Waals surface area (Å²) in [6.07, 6.45) is 1.84. The summed E-state index contributed by atoms with van der Waals surface area (Å²) in [6.45, 7) is 0.178. The maximum absolute atomic E-state index is 10.4. The van der Waals surface area contributed by atoms with Crippen molar-refractivity contribution in [2.75, 3.05) is 12.4 Å². The maximum atomic E-state index is 10.4. The van der Waals surface area contributed by atoms with E-state index in [0.717, 1.165) is 10.9 Å². The van der Waals surface area contributed by atoms with Crippen LogP contribution in [0.15, 0.2) is 36.5 Å². The predicted octanol–water partition coefficient (Wildman–Crippen LogP) is -1.45. The van der Waals surface area contributed by atoms with Crippen molar-refractivity contribution in [3.05, 3.63) is 36.5 Å². The summed E-state index contributed by atoms with van der Waals surface area (Å²) in [7, 11) is -4.17. The minimum Gasteiger partial charge on any atom is -0.748 e. The van der Waals surface area contributed by atoms with Crippen LogP contribution < -0.4 is 34.3 Å². The van der Waals surface area contributed by atoms with E-state index in [4.69, 9.17) is 4.74 Å². The zero-order valence-corrected chi connectivity index (χ0v) is 13.4. The summed E-state index contributed by atoms with van der Waals surface area (Å²) in [6, 6.07) is 9.26. The molecule has 0 atom stereocenters.